The Morgan fingerprint density at radius 2 is 1.84 bits per heavy atom. The molecular weight excluding hydrogens is 241 g/mol. The summed E-state index contributed by atoms with van der Waals surface area (Å²) in [6.07, 6.45) is 6.12. The Kier molecular flexibility index (Phi) is 3.85. The summed E-state index contributed by atoms with van der Waals surface area (Å²) in [6.45, 7) is 0. The molecule has 0 heterocycles. The highest BCUT2D eigenvalue weighted by Crippen LogP contribution is 2.38. The molecule has 2 saturated carbocycles. The van der Waals surface area contributed by atoms with E-state index in [1.165, 1.54) is 6.42 Å². The number of nitrogens with one attached hydrogen (secondary N) is 1. The van der Waals surface area contributed by atoms with E-state index < -0.39 is 0 Å². The van der Waals surface area contributed by atoms with E-state index >= 15 is 0 Å². The van der Waals surface area contributed by atoms with Gasteiger partial charge in [0.05, 0.1) is 6.10 Å². The topological polar surface area (TPSA) is 32.3 Å². The molecule has 2 N–H and O–H groups in total. The van der Waals surface area contributed by atoms with E-state index in [0.717, 1.165) is 37.7 Å². The van der Waals surface area contributed by atoms with E-state index in [1.54, 1.807) is 12.1 Å². The molecule has 0 spiro atoms. The first-order valence-corrected chi connectivity index (χ1v) is 7.42. The molecule has 2 aliphatic carbocycles. The van der Waals surface area contributed by atoms with Gasteiger partial charge in [-0.15, -0.1) is 0 Å². The van der Waals surface area contributed by atoms with Crippen LogP contribution in [0.4, 0.5) is 4.39 Å². The third-order valence-corrected chi connectivity index (χ3v) is 4.66. The Morgan fingerprint density at radius 1 is 1.11 bits per heavy atom. The van der Waals surface area contributed by atoms with Crippen molar-refractivity contribution >= 4 is 0 Å². The first-order valence-electron chi connectivity index (χ1n) is 7.42. The standard InChI is InChI=1S/C16H22FNO/c17-14-6-2-1-5-13(14)11-9-12(10-11)18-15-7-3-4-8-16(15)19/h1-2,5-6,11-12,15-16,18-19H,3-4,7-10H2. The average molecular weight is 263 g/mol. The average Bonchev–Trinajstić information content (AvgIpc) is 2.37. The molecule has 2 fully saturated rings. The first-order chi connectivity index (χ1) is 9.24. The van der Waals surface area contributed by atoms with E-state index in [9.17, 15) is 9.50 Å². The summed E-state index contributed by atoms with van der Waals surface area (Å²) in [7, 11) is 0. The quantitative estimate of drug-likeness (QED) is 0.878. The van der Waals surface area contributed by atoms with Crippen LogP contribution >= 0.6 is 0 Å². The Morgan fingerprint density at radius 3 is 2.58 bits per heavy atom. The molecule has 0 amide bonds. The van der Waals surface area contributed by atoms with Crippen molar-refractivity contribution in [3.8, 4) is 0 Å². The van der Waals surface area contributed by atoms with Gasteiger partial charge in [0, 0.05) is 12.1 Å². The fourth-order valence-electron chi connectivity index (χ4n) is 3.42. The number of benzene rings is 1. The fourth-order valence-corrected chi connectivity index (χ4v) is 3.42. The van der Waals surface area contributed by atoms with E-state index in [2.05, 4.69) is 5.32 Å². The van der Waals surface area contributed by atoms with Gasteiger partial charge in [0.2, 0.25) is 0 Å². The summed E-state index contributed by atoms with van der Waals surface area (Å²) in [6, 6.07) is 7.78. The van der Waals surface area contributed by atoms with Crippen molar-refractivity contribution in [2.75, 3.05) is 0 Å². The molecule has 0 radical (unpaired) electrons. The molecule has 2 nitrogen and oxygen atoms in total. The monoisotopic (exact) mass is 263 g/mol. The van der Waals surface area contributed by atoms with Crippen LogP contribution in [-0.4, -0.2) is 23.3 Å². The maximum absolute atomic E-state index is 13.6. The van der Waals surface area contributed by atoms with E-state index in [1.807, 2.05) is 12.1 Å². The molecule has 1 aromatic rings. The lowest BCUT2D eigenvalue weighted by molar-refractivity contribution is 0.0749. The van der Waals surface area contributed by atoms with Gasteiger partial charge in [-0.1, -0.05) is 31.0 Å². The molecule has 19 heavy (non-hydrogen) atoms. The lowest BCUT2D eigenvalue weighted by Crippen LogP contribution is -2.51. The Balaban J connectivity index is 1.51. The normalized spacial score (nSPS) is 34.8. The highest BCUT2D eigenvalue weighted by atomic mass is 19.1. The lowest BCUT2D eigenvalue weighted by atomic mass is 9.75. The minimum Gasteiger partial charge on any atom is -0.392 e. The molecule has 0 saturated heterocycles. The zero-order chi connectivity index (χ0) is 13.2. The molecule has 0 aliphatic heterocycles. The SMILES string of the molecule is OC1CCCCC1NC1CC(c2ccccc2F)C1. The second kappa shape index (κ2) is 5.59. The fraction of sp³-hybridized carbons (Fsp3) is 0.625. The Labute approximate surface area is 114 Å². The molecular formula is C16H22FNO. The van der Waals surface area contributed by atoms with Gasteiger partial charge in [-0.3, -0.25) is 0 Å². The van der Waals surface area contributed by atoms with Crippen LogP contribution in [0, 0.1) is 5.82 Å². The smallest absolute Gasteiger partial charge is 0.126 e. The number of halogens is 1. The van der Waals surface area contributed by atoms with Crippen molar-refractivity contribution in [1.29, 1.82) is 0 Å². The van der Waals surface area contributed by atoms with Crippen LogP contribution in [0.2, 0.25) is 0 Å². The van der Waals surface area contributed by atoms with Crippen molar-refractivity contribution in [3.63, 3.8) is 0 Å². The van der Waals surface area contributed by atoms with Crippen LogP contribution in [0.3, 0.4) is 0 Å². The maximum atomic E-state index is 13.6. The van der Waals surface area contributed by atoms with Crippen molar-refractivity contribution in [1.82, 2.24) is 5.32 Å². The van der Waals surface area contributed by atoms with Gasteiger partial charge >= 0.3 is 0 Å². The zero-order valence-corrected chi connectivity index (χ0v) is 11.2. The molecule has 1 aromatic carbocycles. The van der Waals surface area contributed by atoms with Crippen LogP contribution in [-0.2, 0) is 0 Å². The van der Waals surface area contributed by atoms with Crippen LogP contribution < -0.4 is 5.32 Å². The molecule has 0 bridgehead atoms. The molecule has 2 atom stereocenters. The van der Waals surface area contributed by atoms with Crippen molar-refractivity contribution in [3.05, 3.63) is 35.6 Å². The number of rotatable bonds is 3. The van der Waals surface area contributed by atoms with Crippen LogP contribution in [0.1, 0.15) is 50.0 Å². The van der Waals surface area contributed by atoms with Gasteiger partial charge in [0.15, 0.2) is 0 Å². The minimum absolute atomic E-state index is 0.0800. The zero-order valence-electron chi connectivity index (χ0n) is 11.2. The summed E-state index contributed by atoms with van der Waals surface area (Å²) in [5.74, 6) is 0.267. The minimum atomic E-state index is -0.193. The number of hydrogen-bond acceptors (Lipinski definition) is 2. The van der Waals surface area contributed by atoms with Gasteiger partial charge in [-0.25, -0.2) is 4.39 Å². The molecule has 0 aromatic heterocycles. The number of aliphatic hydroxyl groups is 1. The van der Waals surface area contributed by atoms with E-state index in [-0.39, 0.29) is 18.0 Å². The Hall–Kier alpha value is -0.930. The Bertz CT molecular complexity index is 431. The number of hydrogen-bond donors (Lipinski definition) is 2. The van der Waals surface area contributed by atoms with Gasteiger partial charge in [0.1, 0.15) is 5.82 Å². The summed E-state index contributed by atoms with van der Waals surface area (Å²) in [5, 5.41) is 13.5. The second-order valence-electron chi connectivity index (χ2n) is 6.01. The van der Waals surface area contributed by atoms with Crippen LogP contribution in [0.15, 0.2) is 24.3 Å². The summed E-state index contributed by atoms with van der Waals surface area (Å²) in [5.41, 5.74) is 0.852. The largest absolute Gasteiger partial charge is 0.392 e. The van der Waals surface area contributed by atoms with E-state index in [4.69, 9.17) is 0 Å². The van der Waals surface area contributed by atoms with Crippen molar-refractivity contribution in [2.45, 2.75) is 62.6 Å². The first kappa shape index (κ1) is 13.1. The third-order valence-electron chi connectivity index (χ3n) is 4.66. The molecule has 2 aliphatic rings. The van der Waals surface area contributed by atoms with Crippen LogP contribution in [0.25, 0.3) is 0 Å². The van der Waals surface area contributed by atoms with E-state index in [0.29, 0.717) is 12.0 Å². The number of aliphatic hydroxyl groups excluding tert-OH is 1. The molecule has 104 valence electrons. The summed E-state index contributed by atoms with van der Waals surface area (Å²) in [4.78, 5) is 0. The van der Waals surface area contributed by atoms with Gasteiger partial charge < -0.3 is 10.4 Å². The maximum Gasteiger partial charge on any atom is 0.126 e. The molecule has 3 rings (SSSR count). The van der Waals surface area contributed by atoms with Gasteiger partial charge in [-0.05, 0) is 43.2 Å². The lowest BCUT2D eigenvalue weighted by Gasteiger charge is -2.41. The predicted octanol–water partition coefficient (Wildman–Crippen LogP) is 2.96. The second-order valence-corrected chi connectivity index (χ2v) is 6.01. The van der Waals surface area contributed by atoms with Crippen molar-refractivity contribution in [2.24, 2.45) is 0 Å². The summed E-state index contributed by atoms with van der Waals surface area (Å²) < 4.78 is 13.6. The highest BCUT2D eigenvalue weighted by molar-refractivity contribution is 5.24. The van der Waals surface area contributed by atoms with Gasteiger partial charge in [-0.2, -0.15) is 0 Å². The summed E-state index contributed by atoms with van der Waals surface area (Å²) >= 11 is 0. The van der Waals surface area contributed by atoms with Gasteiger partial charge in [0.25, 0.3) is 0 Å². The van der Waals surface area contributed by atoms with Crippen molar-refractivity contribution < 1.29 is 9.50 Å². The van der Waals surface area contributed by atoms with Crippen LogP contribution in [0.5, 0.6) is 0 Å². The predicted molar refractivity (Wildman–Crippen MR) is 73.6 cm³/mol. The molecule has 3 heteroatoms. The highest BCUT2D eigenvalue weighted by Gasteiger charge is 2.34. The molecule has 2 unspecified atom stereocenters. The third kappa shape index (κ3) is 2.82.